The van der Waals surface area contributed by atoms with Crippen LogP contribution >= 0.6 is 0 Å². The molecule has 1 aromatic rings. The highest BCUT2D eigenvalue weighted by Crippen LogP contribution is 2.25. The van der Waals surface area contributed by atoms with E-state index in [9.17, 15) is 14.9 Å². The van der Waals surface area contributed by atoms with Crippen molar-refractivity contribution in [1.29, 1.82) is 0 Å². The summed E-state index contributed by atoms with van der Waals surface area (Å²) in [6.45, 7) is 3.31. The van der Waals surface area contributed by atoms with E-state index in [1.165, 1.54) is 24.0 Å². The van der Waals surface area contributed by atoms with Crippen LogP contribution in [0.1, 0.15) is 12.5 Å². The second-order valence-electron chi connectivity index (χ2n) is 3.85. The van der Waals surface area contributed by atoms with Crippen molar-refractivity contribution >= 4 is 17.3 Å². The predicted octanol–water partition coefficient (Wildman–Crippen LogP) is 1.81. The zero-order valence-electron chi connectivity index (χ0n) is 9.88. The maximum absolute atomic E-state index is 10.9. The number of nitro benzene ring substituents is 1. The first-order valence-corrected chi connectivity index (χ1v) is 5.05. The molecule has 1 rings (SSSR count). The standard InChI is InChI=1S/C11H14N2O4/c1-7-4-5-9(13(16)17)6-10(7)12(3)8(2)11(14)15/h4-6,8H,1-3H3,(H,14,15). The smallest absolute Gasteiger partial charge is 0.326 e. The minimum atomic E-state index is -0.974. The lowest BCUT2D eigenvalue weighted by atomic mass is 10.1. The van der Waals surface area contributed by atoms with Crippen molar-refractivity contribution in [3.63, 3.8) is 0 Å². The van der Waals surface area contributed by atoms with Crippen LogP contribution in [0.15, 0.2) is 18.2 Å². The normalized spacial score (nSPS) is 11.9. The van der Waals surface area contributed by atoms with Crippen molar-refractivity contribution in [2.45, 2.75) is 19.9 Å². The lowest BCUT2D eigenvalue weighted by Crippen LogP contribution is -2.36. The highest BCUT2D eigenvalue weighted by molar-refractivity contribution is 5.78. The van der Waals surface area contributed by atoms with Crippen LogP contribution in [0, 0.1) is 17.0 Å². The molecule has 0 fully saturated rings. The SMILES string of the molecule is Cc1ccc([N+](=O)[O-])cc1N(C)C(C)C(=O)O. The molecule has 0 spiro atoms. The molecule has 0 saturated heterocycles. The van der Waals surface area contributed by atoms with Gasteiger partial charge >= 0.3 is 5.97 Å². The van der Waals surface area contributed by atoms with Crippen molar-refractivity contribution in [3.8, 4) is 0 Å². The highest BCUT2D eigenvalue weighted by Gasteiger charge is 2.20. The molecule has 1 N–H and O–H groups in total. The molecule has 1 aromatic carbocycles. The highest BCUT2D eigenvalue weighted by atomic mass is 16.6. The Morgan fingerprint density at radius 3 is 2.59 bits per heavy atom. The summed E-state index contributed by atoms with van der Waals surface area (Å²) in [7, 11) is 1.60. The van der Waals surface area contributed by atoms with Crippen LogP contribution in [0.4, 0.5) is 11.4 Å². The number of carboxylic acids is 1. The fourth-order valence-corrected chi connectivity index (χ4v) is 1.47. The van der Waals surface area contributed by atoms with Crippen LogP contribution in [0.5, 0.6) is 0 Å². The zero-order chi connectivity index (χ0) is 13.2. The first-order chi connectivity index (χ1) is 7.84. The molecular weight excluding hydrogens is 224 g/mol. The Morgan fingerprint density at radius 1 is 1.53 bits per heavy atom. The molecule has 0 aliphatic carbocycles. The number of aryl methyl sites for hydroxylation is 1. The number of carboxylic acid groups (broad SMARTS) is 1. The molecule has 0 bridgehead atoms. The third-order valence-electron chi connectivity index (χ3n) is 2.72. The van der Waals surface area contributed by atoms with E-state index in [4.69, 9.17) is 5.11 Å². The van der Waals surface area contributed by atoms with Crippen molar-refractivity contribution in [2.24, 2.45) is 0 Å². The number of anilines is 1. The summed E-state index contributed by atoms with van der Waals surface area (Å²) in [5.41, 5.74) is 1.30. The average molecular weight is 238 g/mol. The van der Waals surface area contributed by atoms with Gasteiger partial charge in [-0.15, -0.1) is 0 Å². The van der Waals surface area contributed by atoms with Gasteiger partial charge in [-0.1, -0.05) is 6.07 Å². The number of non-ortho nitro benzene ring substituents is 1. The van der Waals surface area contributed by atoms with Crippen LogP contribution < -0.4 is 4.90 Å². The summed E-state index contributed by atoms with van der Waals surface area (Å²) in [5, 5.41) is 19.6. The molecule has 0 radical (unpaired) electrons. The molecule has 0 saturated carbocycles. The monoisotopic (exact) mass is 238 g/mol. The molecule has 0 aliphatic rings. The molecule has 1 atom stereocenters. The van der Waals surface area contributed by atoms with Gasteiger partial charge in [-0.3, -0.25) is 10.1 Å². The van der Waals surface area contributed by atoms with E-state index in [0.29, 0.717) is 5.69 Å². The van der Waals surface area contributed by atoms with Gasteiger partial charge in [0.25, 0.3) is 5.69 Å². The number of aliphatic carboxylic acids is 1. The second-order valence-corrected chi connectivity index (χ2v) is 3.85. The largest absolute Gasteiger partial charge is 0.480 e. The molecule has 0 aromatic heterocycles. The van der Waals surface area contributed by atoms with E-state index in [1.54, 1.807) is 20.0 Å². The lowest BCUT2D eigenvalue weighted by Gasteiger charge is -2.25. The van der Waals surface area contributed by atoms with Gasteiger partial charge in [-0.05, 0) is 19.4 Å². The van der Waals surface area contributed by atoms with Gasteiger partial charge in [0.05, 0.1) is 4.92 Å². The topological polar surface area (TPSA) is 83.7 Å². The number of nitrogens with zero attached hydrogens (tertiary/aromatic N) is 2. The summed E-state index contributed by atoms with van der Waals surface area (Å²) in [4.78, 5) is 22.5. The zero-order valence-corrected chi connectivity index (χ0v) is 9.88. The number of hydrogen-bond donors (Lipinski definition) is 1. The maximum Gasteiger partial charge on any atom is 0.326 e. The fourth-order valence-electron chi connectivity index (χ4n) is 1.47. The Hall–Kier alpha value is -2.11. The summed E-state index contributed by atoms with van der Waals surface area (Å²) in [5.74, 6) is -0.974. The number of benzene rings is 1. The van der Waals surface area contributed by atoms with E-state index in [2.05, 4.69) is 0 Å². The average Bonchev–Trinajstić information content (AvgIpc) is 2.27. The van der Waals surface area contributed by atoms with Crippen molar-refractivity contribution in [3.05, 3.63) is 33.9 Å². The van der Waals surface area contributed by atoms with Crippen molar-refractivity contribution in [1.82, 2.24) is 0 Å². The van der Waals surface area contributed by atoms with E-state index >= 15 is 0 Å². The van der Waals surface area contributed by atoms with Crippen LogP contribution in [-0.2, 0) is 4.79 Å². The molecule has 0 aliphatic heterocycles. The molecular formula is C11H14N2O4. The van der Waals surface area contributed by atoms with Crippen LogP contribution in [0.2, 0.25) is 0 Å². The molecule has 92 valence electrons. The summed E-state index contributed by atoms with van der Waals surface area (Å²) in [6, 6.07) is 3.65. The molecule has 6 nitrogen and oxygen atoms in total. The fraction of sp³-hybridized carbons (Fsp3) is 0.364. The molecule has 6 heteroatoms. The van der Waals surface area contributed by atoms with E-state index in [0.717, 1.165) is 5.56 Å². The second kappa shape index (κ2) is 4.82. The number of nitro groups is 1. The van der Waals surface area contributed by atoms with E-state index < -0.39 is 16.9 Å². The van der Waals surface area contributed by atoms with Crippen LogP contribution in [-0.4, -0.2) is 29.1 Å². The summed E-state index contributed by atoms with van der Waals surface area (Å²) >= 11 is 0. The Morgan fingerprint density at radius 2 is 2.12 bits per heavy atom. The van der Waals surface area contributed by atoms with Gasteiger partial charge in [0.2, 0.25) is 0 Å². The Balaban J connectivity index is 3.16. The molecule has 17 heavy (non-hydrogen) atoms. The van der Waals surface area contributed by atoms with Crippen molar-refractivity contribution < 1.29 is 14.8 Å². The molecule has 1 unspecified atom stereocenters. The third kappa shape index (κ3) is 2.72. The first-order valence-electron chi connectivity index (χ1n) is 5.05. The van der Waals surface area contributed by atoms with Gasteiger partial charge in [0, 0.05) is 24.9 Å². The molecule has 0 amide bonds. The van der Waals surface area contributed by atoms with Gasteiger partial charge < -0.3 is 10.0 Å². The van der Waals surface area contributed by atoms with E-state index in [1.807, 2.05) is 0 Å². The number of carbonyl (C=O) groups is 1. The summed E-state index contributed by atoms with van der Waals surface area (Å²) < 4.78 is 0. The van der Waals surface area contributed by atoms with Crippen LogP contribution in [0.25, 0.3) is 0 Å². The predicted molar refractivity (Wildman–Crippen MR) is 63.3 cm³/mol. The quantitative estimate of drug-likeness (QED) is 0.638. The minimum Gasteiger partial charge on any atom is -0.480 e. The van der Waals surface area contributed by atoms with Crippen LogP contribution in [0.3, 0.4) is 0 Å². The number of rotatable bonds is 4. The lowest BCUT2D eigenvalue weighted by molar-refractivity contribution is -0.384. The van der Waals surface area contributed by atoms with Gasteiger partial charge in [-0.2, -0.15) is 0 Å². The first kappa shape index (κ1) is 13.0. The number of hydrogen-bond acceptors (Lipinski definition) is 4. The van der Waals surface area contributed by atoms with Gasteiger partial charge in [0.15, 0.2) is 0 Å². The maximum atomic E-state index is 10.9. The van der Waals surface area contributed by atoms with E-state index in [-0.39, 0.29) is 5.69 Å². The van der Waals surface area contributed by atoms with Gasteiger partial charge in [0.1, 0.15) is 6.04 Å². The minimum absolute atomic E-state index is 0.0463. The summed E-state index contributed by atoms with van der Waals surface area (Å²) in [6.07, 6.45) is 0. The third-order valence-corrected chi connectivity index (χ3v) is 2.72. The van der Waals surface area contributed by atoms with Crippen molar-refractivity contribution in [2.75, 3.05) is 11.9 Å². The Labute approximate surface area is 98.6 Å². The molecule has 0 heterocycles. The Bertz CT molecular complexity index is 459. The Kier molecular flexibility index (Phi) is 3.67. The number of likely N-dealkylation sites (N-methyl/N-ethyl adjacent to an activating group) is 1. The van der Waals surface area contributed by atoms with Gasteiger partial charge in [-0.25, -0.2) is 4.79 Å².